The van der Waals surface area contributed by atoms with Crippen LogP contribution in [0.3, 0.4) is 0 Å². The highest BCUT2D eigenvalue weighted by atomic mass is 16.5. The summed E-state index contributed by atoms with van der Waals surface area (Å²) in [5.41, 5.74) is 6.42. The summed E-state index contributed by atoms with van der Waals surface area (Å²) in [4.78, 5) is 0. The Morgan fingerprint density at radius 1 is 1.27 bits per heavy atom. The molecule has 82 valence electrons. The molecule has 0 aliphatic rings. The highest BCUT2D eigenvalue weighted by Crippen LogP contribution is 2.31. The second-order valence-corrected chi connectivity index (χ2v) is 3.06. The number of methoxy groups -OCH3 is 2. The number of hydrogen-bond donors (Lipinski definition) is 1. The van der Waals surface area contributed by atoms with Gasteiger partial charge in [0.2, 0.25) is 0 Å². The Balaban J connectivity index is 2.95. The molecule has 0 aliphatic carbocycles. The normalized spacial score (nSPS) is 10.6. The summed E-state index contributed by atoms with van der Waals surface area (Å²) in [5, 5.41) is 0. The lowest BCUT2D eigenvalue weighted by Gasteiger charge is -2.09. The van der Waals surface area contributed by atoms with E-state index < -0.39 is 0 Å². The number of para-hydroxylation sites is 1. The average Bonchev–Trinajstić information content (AvgIpc) is 2.29. The van der Waals surface area contributed by atoms with E-state index in [0.717, 1.165) is 23.5 Å². The zero-order chi connectivity index (χ0) is 11.1. The van der Waals surface area contributed by atoms with Crippen LogP contribution in [0.4, 0.5) is 0 Å². The lowest BCUT2D eigenvalue weighted by molar-refractivity contribution is 0.354. The predicted molar refractivity (Wildman–Crippen MR) is 62.3 cm³/mol. The van der Waals surface area contributed by atoms with E-state index in [4.69, 9.17) is 15.2 Å². The predicted octanol–water partition coefficient (Wildman–Crippen LogP) is 2.07. The van der Waals surface area contributed by atoms with E-state index in [1.807, 2.05) is 30.4 Å². The maximum atomic E-state index is 5.41. The zero-order valence-corrected chi connectivity index (χ0v) is 9.19. The summed E-state index contributed by atoms with van der Waals surface area (Å²) in [7, 11) is 3.27. The molecule has 0 saturated carbocycles. The largest absolute Gasteiger partial charge is 0.493 e. The molecule has 3 heteroatoms. The van der Waals surface area contributed by atoms with Crippen LogP contribution in [0, 0.1) is 0 Å². The van der Waals surface area contributed by atoms with Gasteiger partial charge in [0.1, 0.15) is 0 Å². The lowest BCUT2D eigenvalue weighted by Crippen LogP contribution is -1.95. The molecule has 0 aromatic heterocycles. The number of ether oxygens (including phenoxy) is 2. The molecule has 0 aliphatic heterocycles. The smallest absolute Gasteiger partial charge is 0.167 e. The van der Waals surface area contributed by atoms with E-state index in [1.54, 1.807) is 14.2 Å². The van der Waals surface area contributed by atoms with Gasteiger partial charge >= 0.3 is 0 Å². The number of rotatable bonds is 5. The Morgan fingerprint density at radius 2 is 2.07 bits per heavy atom. The third-order valence-electron chi connectivity index (χ3n) is 2.06. The van der Waals surface area contributed by atoms with Crippen molar-refractivity contribution < 1.29 is 9.47 Å². The Hall–Kier alpha value is -1.48. The van der Waals surface area contributed by atoms with Gasteiger partial charge in [0, 0.05) is 5.56 Å². The average molecular weight is 207 g/mol. The van der Waals surface area contributed by atoms with Gasteiger partial charge in [-0.25, -0.2) is 0 Å². The minimum Gasteiger partial charge on any atom is -0.493 e. The quantitative estimate of drug-likeness (QED) is 0.803. The molecule has 0 radical (unpaired) electrons. The third kappa shape index (κ3) is 2.99. The second kappa shape index (κ2) is 6.09. The van der Waals surface area contributed by atoms with Gasteiger partial charge < -0.3 is 15.2 Å². The molecule has 0 bridgehead atoms. The SMILES string of the molecule is COc1cccc(C=CCCN)c1OC. The lowest BCUT2D eigenvalue weighted by atomic mass is 10.1. The molecule has 1 aromatic carbocycles. The molecule has 0 atom stereocenters. The van der Waals surface area contributed by atoms with Crippen LogP contribution in [0.1, 0.15) is 12.0 Å². The van der Waals surface area contributed by atoms with Crippen molar-refractivity contribution in [2.45, 2.75) is 6.42 Å². The highest BCUT2D eigenvalue weighted by molar-refractivity contribution is 5.62. The minimum absolute atomic E-state index is 0.656. The molecule has 1 rings (SSSR count). The van der Waals surface area contributed by atoms with Gasteiger partial charge in [-0.2, -0.15) is 0 Å². The van der Waals surface area contributed by atoms with Crippen molar-refractivity contribution in [2.24, 2.45) is 5.73 Å². The van der Waals surface area contributed by atoms with Gasteiger partial charge in [-0.1, -0.05) is 24.3 Å². The topological polar surface area (TPSA) is 44.5 Å². The third-order valence-corrected chi connectivity index (χ3v) is 2.06. The molecule has 0 amide bonds. The molecule has 2 N–H and O–H groups in total. The first-order valence-corrected chi connectivity index (χ1v) is 4.91. The molecule has 0 spiro atoms. The fraction of sp³-hybridized carbons (Fsp3) is 0.333. The van der Waals surface area contributed by atoms with E-state index in [9.17, 15) is 0 Å². The summed E-state index contributed by atoms with van der Waals surface area (Å²) >= 11 is 0. The van der Waals surface area contributed by atoms with Crippen LogP contribution in [0.5, 0.6) is 11.5 Å². The van der Waals surface area contributed by atoms with Crippen LogP contribution in [0.2, 0.25) is 0 Å². The molecule has 0 fully saturated rings. The van der Waals surface area contributed by atoms with E-state index in [-0.39, 0.29) is 0 Å². The van der Waals surface area contributed by atoms with Crippen molar-refractivity contribution in [1.82, 2.24) is 0 Å². The fourth-order valence-electron chi connectivity index (χ4n) is 1.35. The molecule has 0 heterocycles. The van der Waals surface area contributed by atoms with Crippen molar-refractivity contribution >= 4 is 6.08 Å². The van der Waals surface area contributed by atoms with Crippen LogP contribution < -0.4 is 15.2 Å². The Labute approximate surface area is 90.5 Å². The maximum Gasteiger partial charge on any atom is 0.167 e. The zero-order valence-electron chi connectivity index (χ0n) is 9.19. The van der Waals surface area contributed by atoms with E-state index in [1.165, 1.54) is 0 Å². The number of benzene rings is 1. The molecular formula is C12H17NO2. The van der Waals surface area contributed by atoms with Crippen LogP contribution in [-0.4, -0.2) is 20.8 Å². The summed E-state index contributed by atoms with van der Waals surface area (Å²) in [5.74, 6) is 1.50. The van der Waals surface area contributed by atoms with Gasteiger partial charge in [-0.15, -0.1) is 0 Å². The molecular weight excluding hydrogens is 190 g/mol. The van der Waals surface area contributed by atoms with Gasteiger partial charge in [-0.3, -0.25) is 0 Å². The Morgan fingerprint density at radius 3 is 2.67 bits per heavy atom. The summed E-state index contributed by atoms with van der Waals surface area (Å²) in [6, 6.07) is 5.79. The second-order valence-electron chi connectivity index (χ2n) is 3.06. The standard InChI is InChI=1S/C12H17NO2/c1-14-11-8-5-7-10(12(11)15-2)6-3-4-9-13/h3,5-8H,4,9,13H2,1-2H3. The molecule has 15 heavy (non-hydrogen) atoms. The highest BCUT2D eigenvalue weighted by Gasteiger charge is 2.05. The van der Waals surface area contributed by atoms with E-state index in [0.29, 0.717) is 6.54 Å². The van der Waals surface area contributed by atoms with Crippen LogP contribution in [-0.2, 0) is 0 Å². The first-order chi connectivity index (χ1) is 7.33. The summed E-state index contributed by atoms with van der Waals surface area (Å²) in [6.07, 6.45) is 4.88. The molecule has 3 nitrogen and oxygen atoms in total. The Bertz CT molecular complexity index is 334. The first kappa shape index (κ1) is 11.6. The van der Waals surface area contributed by atoms with E-state index >= 15 is 0 Å². The molecule has 0 unspecified atom stereocenters. The summed E-state index contributed by atoms with van der Waals surface area (Å²) < 4.78 is 10.5. The van der Waals surface area contributed by atoms with Gasteiger partial charge in [0.15, 0.2) is 11.5 Å². The van der Waals surface area contributed by atoms with Crippen molar-refractivity contribution in [3.05, 3.63) is 29.8 Å². The van der Waals surface area contributed by atoms with Crippen LogP contribution in [0.15, 0.2) is 24.3 Å². The van der Waals surface area contributed by atoms with Crippen molar-refractivity contribution in [3.8, 4) is 11.5 Å². The monoisotopic (exact) mass is 207 g/mol. The van der Waals surface area contributed by atoms with Crippen LogP contribution in [0.25, 0.3) is 6.08 Å². The van der Waals surface area contributed by atoms with Crippen molar-refractivity contribution in [3.63, 3.8) is 0 Å². The van der Waals surface area contributed by atoms with E-state index in [2.05, 4.69) is 0 Å². The molecule has 1 aromatic rings. The first-order valence-electron chi connectivity index (χ1n) is 4.91. The summed E-state index contributed by atoms with van der Waals surface area (Å²) in [6.45, 7) is 0.656. The van der Waals surface area contributed by atoms with Crippen LogP contribution >= 0.6 is 0 Å². The maximum absolute atomic E-state index is 5.41. The van der Waals surface area contributed by atoms with Gasteiger partial charge in [-0.05, 0) is 19.0 Å². The Kier molecular flexibility index (Phi) is 4.71. The van der Waals surface area contributed by atoms with Crippen molar-refractivity contribution in [2.75, 3.05) is 20.8 Å². The number of nitrogens with two attached hydrogens (primary N) is 1. The molecule has 0 saturated heterocycles. The fourth-order valence-corrected chi connectivity index (χ4v) is 1.35. The number of hydrogen-bond acceptors (Lipinski definition) is 3. The van der Waals surface area contributed by atoms with Gasteiger partial charge in [0.05, 0.1) is 14.2 Å². The minimum atomic E-state index is 0.656. The van der Waals surface area contributed by atoms with Crippen molar-refractivity contribution in [1.29, 1.82) is 0 Å². The van der Waals surface area contributed by atoms with Gasteiger partial charge in [0.25, 0.3) is 0 Å².